The van der Waals surface area contributed by atoms with Crippen molar-refractivity contribution in [3.05, 3.63) is 69.7 Å². The van der Waals surface area contributed by atoms with E-state index in [0.29, 0.717) is 11.1 Å². The summed E-state index contributed by atoms with van der Waals surface area (Å²) in [7, 11) is 0. The molecule has 0 saturated carbocycles. The monoisotopic (exact) mass is 400 g/mol. The maximum atomic E-state index is 12.5. The van der Waals surface area contributed by atoms with Crippen molar-refractivity contribution in [1.29, 1.82) is 0 Å². The first kappa shape index (κ1) is 17.4. The molecule has 128 valence electrons. The van der Waals surface area contributed by atoms with Gasteiger partial charge in [-0.1, -0.05) is 46.3 Å². The third kappa shape index (κ3) is 3.79. The first-order valence-electron chi connectivity index (χ1n) is 7.93. The molecule has 0 aliphatic carbocycles. The lowest BCUT2D eigenvalue weighted by Crippen LogP contribution is -2.47. The minimum atomic E-state index is -0.418. The second-order valence-electron chi connectivity index (χ2n) is 5.96. The van der Waals surface area contributed by atoms with Gasteiger partial charge >= 0.3 is 0 Å². The van der Waals surface area contributed by atoms with Crippen LogP contribution < -0.4 is 5.32 Å². The summed E-state index contributed by atoms with van der Waals surface area (Å²) in [6, 6.07) is 14.4. The van der Waals surface area contributed by atoms with Gasteiger partial charge in [0.1, 0.15) is 6.54 Å². The Morgan fingerprint density at radius 3 is 2.56 bits per heavy atom. The zero-order chi connectivity index (χ0) is 18.0. The van der Waals surface area contributed by atoms with E-state index in [1.165, 1.54) is 0 Å². The van der Waals surface area contributed by atoms with Crippen LogP contribution in [0.4, 0.5) is 0 Å². The Balaban J connectivity index is 1.67. The molecule has 1 heterocycles. The fourth-order valence-electron chi connectivity index (χ4n) is 2.83. The van der Waals surface area contributed by atoms with E-state index < -0.39 is 5.91 Å². The molecule has 1 aliphatic heterocycles. The molecule has 2 aromatic rings. The van der Waals surface area contributed by atoms with Gasteiger partial charge < -0.3 is 5.32 Å². The van der Waals surface area contributed by atoms with Crippen molar-refractivity contribution in [1.82, 2.24) is 10.2 Å². The molecule has 5 nitrogen and oxygen atoms in total. The lowest BCUT2D eigenvalue weighted by molar-refractivity contribution is -0.133. The predicted octanol–water partition coefficient (Wildman–Crippen LogP) is 2.85. The van der Waals surface area contributed by atoms with Crippen LogP contribution in [0, 0.1) is 0 Å². The first-order valence-corrected chi connectivity index (χ1v) is 8.72. The molecule has 1 atom stereocenters. The molecule has 3 rings (SSSR count). The molecule has 6 heteroatoms. The van der Waals surface area contributed by atoms with E-state index in [-0.39, 0.29) is 30.8 Å². The van der Waals surface area contributed by atoms with Crippen LogP contribution in [0.2, 0.25) is 0 Å². The van der Waals surface area contributed by atoms with Crippen molar-refractivity contribution in [2.75, 3.05) is 6.54 Å². The van der Waals surface area contributed by atoms with E-state index in [9.17, 15) is 14.4 Å². The van der Waals surface area contributed by atoms with Gasteiger partial charge in [0.15, 0.2) is 0 Å². The zero-order valence-electron chi connectivity index (χ0n) is 13.7. The Labute approximate surface area is 154 Å². The second-order valence-corrected chi connectivity index (χ2v) is 6.88. The summed E-state index contributed by atoms with van der Waals surface area (Å²) in [5.74, 6) is -1.13. The number of rotatable bonds is 4. The molecule has 25 heavy (non-hydrogen) atoms. The fraction of sp³-hybridized carbons (Fsp3) is 0.211. The maximum absolute atomic E-state index is 12.5. The number of benzene rings is 2. The quantitative estimate of drug-likeness (QED) is 0.802. The summed E-state index contributed by atoms with van der Waals surface area (Å²) in [6.07, 6.45) is 0.136. The van der Waals surface area contributed by atoms with Crippen molar-refractivity contribution in [3.63, 3.8) is 0 Å². The van der Waals surface area contributed by atoms with Gasteiger partial charge in [0, 0.05) is 10.0 Å². The smallest absolute Gasteiger partial charge is 0.261 e. The Kier molecular flexibility index (Phi) is 4.99. The van der Waals surface area contributed by atoms with Crippen molar-refractivity contribution in [2.45, 2.75) is 19.4 Å². The number of nitrogens with one attached hydrogen (secondary N) is 1. The van der Waals surface area contributed by atoms with Crippen molar-refractivity contribution < 1.29 is 14.4 Å². The predicted molar refractivity (Wildman–Crippen MR) is 96.9 cm³/mol. The summed E-state index contributed by atoms with van der Waals surface area (Å²) < 4.78 is 0.956. The number of fused-ring (bicyclic) bond motifs is 1. The van der Waals surface area contributed by atoms with Gasteiger partial charge in [0.05, 0.1) is 12.5 Å². The number of carbonyl (C=O) groups is 3. The molecule has 0 spiro atoms. The lowest BCUT2D eigenvalue weighted by Gasteiger charge is -2.26. The zero-order valence-corrected chi connectivity index (χ0v) is 15.2. The van der Waals surface area contributed by atoms with Crippen LogP contribution in [0.1, 0.15) is 34.5 Å². The van der Waals surface area contributed by atoms with Gasteiger partial charge in [0.25, 0.3) is 5.91 Å². The fourth-order valence-corrected chi connectivity index (χ4v) is 3.09. The standard InChI is InChI=1S/C19H17BrN2O3/c1-12(13-6-8-15(20)9-7-13)21-17(23)11-22-18(24)10-14-4-2-3-5-16(14)19(22)25/h2-9,12H,10-11H2,1H3,(H,21,23)/t12-/m0/s1. The molecular weight excluding hydrogens is 384 g/mol. The van der Waals surface area contributed by atoms with Crippen molar-refractivity contribution in [3.8, 4) is 0 Å². The van der Waals surface area contributed by atoms with Crippen LogP contribution in [-0.4, -0.2) is 29.2 Å². The van der Waals surface area contributed by atoms with E-state index in [1.54, 1.807) is 24.3 Å². The Hall–Kier alpha value is -2.47. The maximum Gasteiger partial charge on any atom is 0.261 e. The average Bonchev–Trinajstić information content (AvgIpc) is 2.59. The number of nitrogens with zero attached hydrogens (tertiary/aromatic N) is 1. The third-order valence-corrected chi connectivity index (χ3v) is 4.71. The summed E-state index contributed by atoms with van der Waals surface area (Å²) in [5, 5.41) is 2.83. The number of imide groups is 1. The highest BCUT2D eigenvalue weighted by Crippen LogP contribution is 2.20. The highest BCUT2D eigenvalue weighted by atomic mass is 79.9. The minimum absolute atomic E-state index is 0.136. The SMILES string of the molecule is C[C@H](NC(=O)CN1C(=O)Cc2ccccc2C1=O)c1ccc(Br)cc1. The number of hydrogen-bond donors (Lipinski definition) is 1. The van der Waals surface area contributed by atoms with Gasteiger partial charge in [0.2, 0.25) is 11.8 Å². The lowest BCUT2D eigenvalue weighted by atomic mass is 9.98. The first-order chi connectivity index (χ1) is 12.0. The third-order valence-electron chi connectivity index (χ3n) is 4.18. The van der Waals surface area contributed by atoms with Gasteiger partial charge in [-0.25, -0.2) is 0 Å². The summed E-state index contributed by atoms with van der Waals surface area (Å²) in [4.78, 5) is 38.0. The molecule has 0 unspecified atom stereocenters. The Morgan fingerprint density at radius 1 is 1.16 bits per heavy atom. The van der Waals surface area contributed by atoms with Gasteiger partial charge in [-0.15, -0.1) is 0 Å². The van der Waals surface area contributed by atoms with Crippen LogP contribution in [0.5, 0.6) is 0 Å². The van der Waals surface area contributed by atoms with Crippen LogP contribution in [-0.2, 0) is 16.0 Å². The molecule has 1 aliphatic rings. The van der Waals surface area contributed by atoms with Crippen LogP contribution in [0.15, 0.2) is 53.0 Å². The molecule has 0 bridgehead atoms. The van der Waals surface area contributed by atoms with Crippen LogP contribution in [0.3, 0.4) is 0 Å². The largest absolute Gasteiger partial charge is 0.348 e. The molecular formula is C19H17BrN2O3. The van der Waals surface area contributed by atoms with E-state index in [2.05, 4.69) is 21.2 Å². The van der Waals surface area contributed by atoms with Gasteiger partial charge in [-0.05, 0) is 36.2 Å². The Bertz CT molecular complexity index is 833. The van der Waals surface area contributed by atoms with Gasteiger partial charge in [-0.3, -0.25) is 19.3 Å². The average molecular weight is 401 g/mol. The number of hydrogen-bond acceptors (Lipinski definition) is 3. The van der Waals surface area contributed by atoms with Gasteiger partial charge in [-0.2, -0.15) is 0 Å². The van der Waals surface area contributed by atoms with E-state index in [1.807, 2.05) is 31.2 Å². The summed E-state index contributed by atoms with van der Waals surface area (Å²) >= 11 is 3.37. The van der Waals surface area contributed by atoms with Crippen molar-refractivity contribution in [2.24, 2.45) is 0 Å². The van der Waals surface area contributed by atoms with E-state index in [0.717, 1.165) is 14.9 Å². The van der Waals surface area contributed by atoms with Crippen LogP contribution in [0.25, 0.3) is 0 Å². The normalized spacial score (nSPS) is 14.9. The van der Waals surface area contributed by atoms with E-state index in [4.69, 9.17) is 0 Å². The van der Waals surface area contributed by atoms with Crippen molar-refractivity contribution >= 4 is 33.7 Å². The highest BCUT2D eigenvalue weighted by molar-refractivity contribution is 9.10. The topological polar surface area (TPSA) is 66.5 Å². The molecule has 2 aromatic carbocycles. The minimum Gasteiger partial charge on any atom is -0.348 e. The molecule has 3 amide bonds. The molecule has 0 fully saturated rings. The molecule has 0 saturated heterocycles. The number of halogens is 1. The highest BCUT2D eigenvalue weighted by Gasteiger charge is 2.32. The molecule has 0 radical (unpaired) electrons. The summed E-state index contributed by atoms with van der Waals surface area (Å²) in [6.45, 7) is 1.59. The molecule has 1 N–H and O–H groups in total. The number of carbonyl (C=O) groups excluding carboxylic acids is 3. The summed E-state index contributed by atoms with van der Waals surface area (Å²) in [5.41, 5.74) is 2.13. The number of amides is 3. The Morgan fingerprint density at radius 2 is 1.84 bits per heavy atom. The van der Waals surface area contributed by atoms with E-state index >= 15 is 0 Å². The molecule has 0 aromatic heterocycles. The van der Waals surface area contributed by atoms with Crippen LogP contribution >= 0.6 is 15.9 Å². The second kappa shape index (κ2) is 7.19.